The first-order chi connectivity index (χ1) is 14.4. The normalized spacial score (nSPS) is 24.5. The summed E-state index contributed by atoms with van der Waals surface area (Å²) in [5, 5.41) is 0.340. The van der Waals surface area contributed by atoms with Crippen LogP contribution < -0.4 is 14.4 Å². The molecule has 0 spiro atoms. The van der Waals surface area contributed by atoms with Crippen LogP contribution in [-0.2, 0) is 14.6 Å². The smallest absolute Gasteiger partial charge is 0.288 e. The fourth-order valence-electron chi connectivity index (χ4n) is 3.55. The zero-order chi connectivity index (χ0) is 21.3. The highest BCUT2D eigenvalue weighted by atomic mass is 32.2. The molecule has 2 heterocycles. The van der Waals surface area contributed by atoms with Gasteiger partial charge in [0.25, 0.3) is 5.91 Å². The Balaban J connectivity index is 1.60. The first-order valence-electron chi connectivity index (χ1n) is 9.51. The predicted molar refractivity (Wildman–Crippen MR) is 118 cm³/mol. The number of sulfone groups is 1. The van der Waals surface area contributed by atoms with Crippen molar-refractivity contribution in [2.75, 3.05) is 23.5 Å². The summed E-state index contributed by atoms with van der Waals surface area (Å²) in [6.07, 6.45) is -0.762. The Kier molecular flexibility index (Phi) is 5.75. The quantitative estimate of drug-likeness (QED) is 0.698. The first-order valence-corrected chi connectivity index (χ1v) is 12.2. The van der Waals surface area contributed by atoms with Gasteiger partial charge in [0.15, 0.2) is 21.1 Å². The number of benzene rings is 2. The summed E-state index contributed by atoms with van der Waals surface area (Å²) in [6, 6.07) is 16.1. The monoisotopic (exact) mass is 446 g/mol. The number of amidine groups is 1. The van der Waals surface area contributed by atoms with Gasteiger partial charge in [0.05, 0.1) is 24.7 Å². The maximum atomic E-state index is 12.7. The molecule has 0 radical (unpaired) electrons. The molecule has 2 saturated heterocycles. The highest BCUT2D eigenvalue weighted by Gasteiger charge is 2.49. The molecule has 2 aliphatic rings. The van der Waals surface area contributed by atoms with Gasteiger partial charge in [0.2, 0.25) is 0 Å². The van der Waals surface area contributed by atoms with Crippen LogP contribution in [0.4, 0.5) is 5.69 Å². The lowest BCUT2D eigenvalue weighted by Gasteiger charge is -2.24. The zero-order valence-electron chi connectivity index (χ0n) is 16.6. The molecule has 0 N–H and O–H groups in total. The van der Waals surface area contributed by atoms with Crippen LogP contribution >= 0.6 is 11.8 Å². The minimum absolute atomic E-state index is 0.0416. The van der Waals surface area contributed by atoms with Crippen molar-refractivity contribution in [3.8, 4) is 11.5 Å². The molecule has 4 rings (SSSR count). The molecule has 0 aromatic heterocycles. The molecule has 7 nitrogen and oxygen atoms in total. The average molecular weight is 447 g/mol. The Labute approximate surface area is 180 Å². The summed E-state index contributed by atoms with van der Waals surface area (Å²) in [5.74, 6) is 0.994. The average Bonchev–Trinajstić information content (AvgIpc) is 3.19. The molecule has 2 aromatic carbocycles. The van der Waals surface area contributed by atoms with E-state index >= 15 is 0 Å². The molecule has 2 aliphatic heterocycles. The van der Waals surface area contributed by atoms with Crippen LogP contribution in [0.2, 0.25) is 0 Å². The van der Waals surface area contributed by atoms with Crippen LogP contribution in [0.25, 0.3) is 0 Å². The summed E-state index contributed by atoms with van der Waals surface area (Å²) in [7, 11) is -1.54. The van der Waals surface area contributed by atoms with Crippen LogP contribution in [0.3, 0.4) is 0 Å². The van der Waals surface area contributed by atoms with Gasteiger partial charge in [-0.1, -0.05) is 30.0 Å². The van der Waals surface area contributed by atoms with E-state index in [2.05, 4.69) is 4.99 Å². The molecule has 158 valence electrons. The number of fused-ring (bicyclic) bond motifs is 1. The van der Waals surface area contributed by atoms with Crippen molar-refractivity contribution < 1.29 is 22.7 Å². The fraction of sp³-hybridized carbons (Fsp3) is 0.333. The molecule has 0 saturated carbocycles. The lowest BCUT2D eigenvalue weighted by atomic mass is 10.2. The van der Waals surface area contributed by atoms with Gasteiger partial charge < -0.3 is 14.4 Å². The molecule has 0 unspecified atom stereocenters. The Morgan fingerprint density at radius 1 is 1.10 bits per heavy atom. The number of nitrogens with zero attached hydrogens (tertiary/aromatic N) is 2. The van der Waals surface area contributed by atoms with Crippen LogP contribution in [0.5, 0.6) is 11.5 Å². The predicted octanol–water partition coefficient (Wildman–Crippen LogP) is 2.76. The highest BCUT2D eigenvalue weighted by molar-refractivity contribution is 8.16. The van der Waals surface area contributed by atoms with E-state index in [9.17, 15) is 13.2 Å². The fourth-order valence-corrected chi connectivity index (χ4v) is 7.47. The third-order valence-corrected chi connectivity index (χ3v) is 8.24. The number of amides is 1. The Morgan fingerprint density at radius 3 is 2.47 bits per heavy atom. The van der Waals surface area contributed by atoms with Crippen molar-refractivity contribution in [2.24, 2.45) is 4.99 Å². The number of hydrogen-bond donors (Lipinski definition) is 0. The number of anilines is 1. The molecular weight excluding hydrogens is 424 g/mol. The largest absolute Gasteiger partial charge is 0.497 e. The second-order valence-corrected chi connectivity index (χ2v) is 10.5. The molecule has 30 heavy (non-hydrogen) atoms. The molecule has 3 atom stereocenters. The number of methoxy groups -OCH3 is 1. The zero-order valence-corrected chi connectivity index (χ0v) is 18.2. The molecule has 2 aromatic rings. The third kappa shape index (κ3) is 4.32. The van der Waals surface area contributed by atoms with Crippen molar-refractivity contribution in [2.45, 2.75) is 24.3 Å². The molecule has 2 fully saturated rings. The van der Waals surface area contributed by atoms with Crippen LogP contribution in [0.15, 0.2) is 59.6 Å². The van der Waals surface area contributed by atoms with Gasteiger partial charge in [0.1, 0.15) is 11.5 Å². The lowest BCUT2D eigenvalue weighted by Crippen LogP contribution is -2.38. The van der Waals surface area contributed by atoms with Gasteiger partial charge in [-0.3, -0.25) is 4.79 Å². The first kappa shape index (κ1) is 20.7. The second-order valence-electron chi connectivity index (χ2n) is 7.17. The minimum Gasteiger partial charge on any atom is -0.497 e. The second kappa shape index (κ2) is 8.31. The van der Waals surface area contributed by atoms with E-state index in [0.717, 1.165) is 5.69 Å². The Hall–Kier alpha value is -2.52. The van der Waals surface area contributed by atoms with E-state index in [-0.39, 0.29) is 22.8 Å². The van der Waals surface area contributed by atoms with Crippen molar-refractivity contribution >= 4 is 38.4 Å². The number of thioether (sulfide) groups is 1. The third-order valence-electron chi connectivity index (χ3n) is 5.03. The summed E-state index contributed by atoms with van der Waals surface area (Å²) in [6.45, 7) is 1.65. The molecule has 0 bridgehead atoms. The van der Waals surface area contributed by atoms with Crippen LogP contribution in [-0.4, -0.2) is 55.5 Å². The van der Waals surface area contributed by atoms with E-state index in [0.29, 0.717) is 16.7 Å². The number of rotatable bonds is 5. The summed E-state index contributed by atoms with van der Waals surface area (Å²) >= 11 is 1.34. The van der Waals surface area contributed by atoms with Crippen LogP contribution in [0.1, 0.15) is 6.92 Å². The van der Waals surface area contributed by atoms with E-state index in [1.54, 1.807) is 38.3 Å². The van der Waals surface area contributed by atoms with E-state index < -0.39 is 21.8 Å². The number of para-hydroxylation sites is 1. The number of carbonyl (C=O) groups is 1. The van der Waals surface area contributed by atoms with Crippen molar-refractivity contribution in [1.82, 2.24) is 0 Å². The van der Waals surface area contributed by atoms with Gasteiger partial charge in [-0.2, -0.15) is 4.99 Å². The number of carbonyl (C=O) groups excluding carboxylic acids is 1. The standard InChI is InChI=1S/C21H22N2O5S2/c1-14(28-17-6-4-3-5-7-17)20(24)22-21-23(15-8-10-16(27-2)11-9-15)18-12-30(25,26)13-19(18)29-21/h3-11,14,18-19H,12-13H2,1-2H3/t14-,18-,19+/m0/s1. The number of hydrogen-bond acceptors (Lipinski definition) is 6. The maximum absolute atomic E-state index is 12.7. The van der Waals surface area contributed by atoms with Crippen molar-refractivity contribution in [1.29, 1.82) is 0 Å². The van der Waals surface area contributed by atoms with Crippen molar-refractivity contribution in [3.05, 3.63) is 54.6 Å². The molecule has 9 heteroatoms. The van der Waals surface area contributed by atoms with Gasteiger partial charge in [-0.25, -0.2) is 8.42 Å². The summed E-state index contributed by atoms with van der Waals surface area (Å²) < 4.78 is 35.2. The Morgan fingerprint density at radius 2 is 1.80 bits per heavy atom. The Bertz CT molecular complexity index is 1050. The molecule has 1 amide bonds. The van der Waals surface area contributed by atoms with Gasteiger partial charge >= 0.3 is 0 Å². The highest BCUT2D eigenvalue weighted by Crippen LogP contribution is 2.41. The van der Waals surface area contributed by atoms with E-state index in [1.807, 2.05) is 35.2 Å². The number of aliphatic imine (C=N–C) groups is 1. The summed E-state index contributed by atoms with van der Waals surface area (Å²) in [5.41, 5.74) is 0.774. The van der Waals surface area contributed by atoms with Gasteiger partial charge in [-0.05, 0) is 43.3 Å². The van der Waals surface area contributed by atoms with E-state index in [1.165, 1.54) is 11.8 Å². The minimum atomic E-state index is -3.12. The maximum Gasteiger partial charge on any atom is 0.288 e. The summed E-state index contributed by atoms with van der Waals surface area (Å²) in [4.78, 5) is 18.9. The van der Waals surface area contributed by atoms with Crippen molar-refractivity contribution in [3.63, 3.8) is 0 Å². The van der Waals surface area contributed by atoms with Gasteiger partial charge in [-0.15, -0.1) is 0 Å². The topological polar surface area (TPSA) is 85.3 Å². The molecular formula is C21H22N2O5S2. The molecule has 0 aliphatic carbocycles. The van der Waals surface area contributed by atoms with E-state index in [4.69, 9.17) is 9.47 Å². The lowest BCUT2D eigenvalue weighted by molar-refractivity contribution is -0.123. The number of ether oxygens (including phenoxy) is 2. The van der Waals surface area contributed by atoms with Crippen LogP contribution in [0, 0.1) is 0 Å². The SMILES string of the molecule is COc1ccc(N2C(=NC(=O)[C@H](C)Oc3ccccc3)S[C@@H]3CS(=O)(=O)C[C@@H]32)cc1. The van der Waals surface area contributed by atoms with Gasteiger partial charge in [0, 0.05) is 10.9 Å².